The van der Waals surface area contributed by atoms with Crippen molar-refractivity contribution in [2.45, 2.75) is 180 Å². The van der Waals surface area contributed by atoms with Crippen LogP contribution in [0.4, 0.5) is 0 Å². The van der Waals surface area contributed by atoms with E-state index in [0.717, 1.165) is 44.4 Å². The van der Waals surface area contributed by atoms with E-state index in [4.69, 9.17) is 19.1 Å². The number of aliphatic hydroxyl groups is 3. The molecule has 0 aliphatic heterocycles. The Bertz CT molecular complexity index is 1160. The van der Waals surface area contributed by atoms with Crippen LogP contribution in [0.25, 0.3) is 0 Å². The molecule has 0 aliphatic carbocycles. The molecular weight excluding hydrogens is 747 g/mol. The van der Waals surface area contributed by atoms with E-state index in [2.05, 4.69) is 30.5 Å². The van der Waals surface area contributed by atoms with Gasteiger partial charge >= 0.3 is 19.8 Å². The molecule has 4 atom stereocenters. The summed E-state index contributed by atoms with van der Waals surface area (Å²) in [6.07, 6.45) is 38.2. The number of esters is 2. The zero-order valence-corrected chi connectivity index (χ0v) is 36.5. The van der Waals surface area contributed by atoms with Gasteiger partial charge in [-0.25, -0.2) is 4.57 Å². The first-order valence-electron chi connectivity index (χ1n) is 21.7. The van der Waals surface area contributed by atoms with Crippen LogP contribution < -0.4 is 0 Å². The van der Waals surface area contributed by atoms with Crippen LogP contribution in [0.2, 0.25) is 0 Å². The minimum absolute atomic E-state index is 0.144. The van der Waals surface area contributed by atoms with Crippen LogP contribution in [0.5, 0.6) is 0 Å². The molecule has 0 saturated carbocycles. The highest BCUT2D eigenvalue weighted by molar-refractivity contribution is 7.47. The molecule has 0 fully saturated rings. The molecule has 0 rings (SSSR count). The molecule has 330 valence electrons. The van der Waals surface area contributed by atoms with Gasteiger partial charge < -0.3 is 29.7 Å². The summed E-state index contributed by atoms with van der Waals surface area (Å²) in [5.74, 6) is -0.211. The first-order valence-corrected chi connectivity index (χ1v) is 23.2. The van der Waals surface area contributed by atoms with E-state index in [-0.39, 0.29) is 19.4 Å². The second-order valence-corrected chi connectivity index (χ2v) is 16.5. The number of aliphatic hydroxyl groups excluding tert-OH is 3. The maximum atomic E-state index is 12.6. The lowest BCUT2D eigenvalue weighted by Crippen LogP contribution is -2.29. The number of carbonyl (C=O) groups is 2. The summed E-state index contributed by atoms with van der Waals surface area (Å²) >= 11 is 0. The zero-order valence-electron chi connectivity index (χ0n) is 35.6. The van der Waals surface area contributed by atoms with Crippen molar-refractivity contribution in [3.05, 3.63) is 60.8 Å². The number of phosphoric acid groups is 1. The number of rotatable bonds is 39. The quantitative estimate of drug-likeness (QED) is 0.0153. The van der Waals surface area contributed by atoms with Gasteiger partial charge in [-0.15, -0.1) is 0 Å². The number of unbranched alkanes of at least 4 members (excludes halogenated alkanes) is 13. The second kappa shape index (κ2) is 39.1. The van der Waals surface area contributed by atoms with Gasteiger partial charge in [0, 0.05) is 12.8 Å². The van der Waals surface area contributed by atoms with E-state index in [1.807, 2.05) is 55.5 Å². The van der Waals surface area contributed by atoms with E-state index in [9.17, 15) is 29.3 Å². The van der Waals surface area contributed by atoms with Gasteiger partial charge in [-0.2, -0.15) is 0 Å². The van der Waals surface area contributed by atoms with Crippen molar-refractivity contribution in [3.8, 4) is 0 Å². The van der Waals surface area contributed by atoms with Gasteiger partial charge in [-0.3, -0.25) is 18.6 Å². The summed E-state index contributed by atoms with van der Waals surface area (Å²) in [5.41, 5.74) is 0. The fourth-order valence-electron chi connectivity index (χ4n) is 5.59. The molecule has 0 spiro atoms. The van der Waals surface area contributed by atoms with E-state index in [1.54, 1.807) is 0 Å². The molecule has 0 radical (unpaired) electrons. The number of allylic oxidation sites excluding steroid dienone is 8. The Hall–Kier alpha value is -2.37. The van der Waals surface area contributed by atoms with Gasteiger partial charge in [-0.05, 0) is 50.9 Å². The molecule has 2 unspecified atom stereocenters. The average molecular weight is 827 g/mol. The summed E-state index contributed by atoms with van der Waals surface area (Å²) in [4.78, 5) is 35.0. The largest absolute Gasteiger partial charge is 0.472 e. The Morgan fingerprint density at radius 3 is 1.81 bits per heavy atom. The molecule has 11 nitrogen and oxygen atoms in total. The molecule has 4 N–H and O–H groups in total. The molecule has 0 aromatic rings. The molecule has 12 heteroatoms. The second-order valence-electron chi connectivity index (χ2n) is 15.0. The first kappa shape index (κ1) is 54.6. The maximum absolute atomic E-state index is 12.6. The van der Waals surface area contributed by atoms with Crippen LogP contribution in [-0.4, -0.2) is 76.9 Å². The van der Waals surface area contributed by atoms with Crippen LogP contribution in [0, 0.1) is 5.92 Å². The van der Waals surface area contributed by atoms with Crippen molar-refractivity contribution in [3.63, 3.8) is 0 Å². The van der Waals surface area contributed by atoms with E-state index < -0.39 is 57.9 Å². The van der Waals surface area contributed by atoms with Crippen molar-refractivity contribution in [1.82, 2.24) is 0 Å². The Balaban J connectivity index is 4.42. The van der Waals surface area contributed by atoms with Crippen LogP contribution in [-0.2, 0) is 32.7 Å². The van der Waals surface area contributed by atoms with Gasteiger partial charge in [0.1, 0.15) is 12.7 Å². The van der Waals surface area contributed by atoms with Gasteiger partial charge in [0.15, 0.2) is 6.10 Å². The lowest BCUT2D eigenvalue weighted by atomic mass is 10.0. The molecule has 0 bridgehead atoms. The minimum Gasteiger partial charge on any atom is -0.462 e. The molecule has 0 saturated heterocycles. The summed E-state index contributed by atoms with van der Waals surface area (Å²) in [6.45, 7) is 4.39. The predicted molar refractivity (Wildman–Crippen MR) is 229 cm³/mol. The summed E-state index contributed by atoms with van der Waals surface area (Å²) in [5, 5.41) is 28.1. The molecule has 57 heavy (non-hydrogen) atoms. The third kappa shape index (κ3) is 40.2. The fraction of sp³-hybridized carbons (Fsp3) is 0.733. The summed E-state index contributed by atoms with van der Waals surface area (Å²) in [7, 11) is -4.64. The highest BCUT2D eigenvalue weighted by atomic mass is 31.2. The van der Waals surface area contributed by atoms with Crippen molar-refractivity contribution < 1.29 is 52.9 Å². The molecule has 0 aromatic carbocycles. The monoisotopic (exact) mass is 827 g/mol. The van der Waals surface area contributed by atoms with Gasteiger partial charge in [0.05, 0.1) is 25.9 Å². The maximum Gasteiger partial charge on any atom is 0.472 e. The van der Waals surface area contributed by atoms with Crippen LogP contribution in [0.3, 0.4) is 0 Å². The molecule has 0 amide bonds. The molecule has 0 aromatic heterocycles. The van der Waals surface area contributed by atoms with Crippen molar-refractivity contribution >= 4 is 19.8 Å². The third-order valence-corrected chi connectivity index (χ3v) is 9.89. The fourth-order valence-corrected chi connectivity index (χ4v) is 6.38. The highest BCUT2D eigenvalue weighted by Crippen LogP contribution is 2.43. The van der Waals surface area contributed by atoms with E-state index in [1.165, 1.54) is 64.2 Å². The number of hydrogen-bond donors (Lipinski definition) is 4. The normalized spacial score (nSPS) is 15.1. The van der Waals surface area contributed by atoms with Crippen molar-refractivity contribution in [2.75, 3.05) is 26.4 Å². The van der Waals surface area contributed by atoms with Crippen molar-refractivity contribution in [2.24, 2.45) is 5.92 Å². The van der Waals surface area contributed by atoms with E-state index in [0.29, 0.717) is 25.7 Å². The third-order valence-electron chi connectivity index (χ3n) is 8.94. The summed E-state index contributed by atoms with van der Waals surface area (Å²) < 4.78 is 32.6. The number of hydrogen-bond acceptors (Lipinski definition) is 10. The van der Waals surface area contributed by atoms with Gasteiger partial charge in [-0.1, -0.05) is 165 Å². The SMILES string of the molecule is CC/C=C\C(O)C/C=C/C=C\C/C=C\C/C=C\CCCC(=O)OC[C@H](COP(=O)(O)OC[C@@H](O)CO)OC(=O)CCCCCCCCCCCCCCCC(C)C. The molecule has 0 heterocycles. The van der Waals surface area contributed by atoms with Gasteiger partial charge in [0.25, 0.3) is 0 Å². The minimum atomic E-state index is -4.64. The Morgan fingerprint density at radius 1 is 0.649 bits per heavy atom. The predicted octanol–water partition coefficient (Wildman–Crippen LogP) is 10.3. The summed E-state index contributed by atoms with van der Waals surface area (Å²) in [6, 6.07) is 0. The Morgan fingerprint density at radius 2 is 1.19 bits per heavy atom. The first-order chi connectivity index (χ1) is 27.5. The van der Waals surface area contributed by atoms with Crippen LogP contribution in [0.1, 0.15) is 162 Å². The zero-order chi connectivity index (χ0) is 42.2. The number of carbonyl (C=O) groups excluding carboxylic acids is 2. The highest BCUT2D eigenvalue weighted by Gasteiger charge is 2.27. The van der Waals surface area contributed by atoms with Crippen LogP contribution in [0.15, 0.2) is 60.8 Å². The standard InChI is InChI=1S/C45H79O11P/c1-4-5-32-41(47)33-28-24-20-16-12-9-10-13-17-21-25-29-34-44(49)53-38-43(39-55-57(51,52)54-37-42(48)36-46)56-45(50)35-30-26-22-18-14-8-6-7-11-15-19-23-27-31-40(2)3/h5,9-10,16-17,20-21,24,28,32,40-43,46-48H,4,6-8,11-15,18-19,22-23,25-27,29-31,33-39H2,1-3H3,(H,51,52)/b10-9-,20-16-,21-17-,28-24+,32-5-/t41?,42-,43+/m0/s1. The average Bonchev–Trinajstić information content (AvgIpc) is 3.18. The Kier molecular flexibility index (Phi) is 37.5. The van der Waals surface area contributed by atoms with Gasteiger partial charge in [0.2, 0.25) is 0 Å². The smallest absolute Gasteiger partial charge is 0.462 e. The lowest BCUT2D eigenvalue weighted by molar-refractivity contribution is -0.161. The van der Waals surface area contributed by atoms with E-state index >= 15 is 0 Å². The number of phosphoric ester groups is 1. The van der Waals surface area contributed by atoms with Crippen molar-refractivity contribution in [1.29, 1.82) is 0 Å². The lowest BCUT2D eigenvalue weighted by Gasteiger charge is -2.20. The van der Waals surface area contributed by atoms with Crippen LogP contribution >= 0.6 is 7.82 Å². The molecular formula is C45H79O11P. The Labute approximate surface area is 345 Å². The topological polar surface area (TPSA) is 169 Å². The molecule has 0 aliphatic rings. The number of ether oxygens (including phenoxy) is 2.